The number of amides is 1. The minimum absolute atomic E-state index is 0.0539. The zero-order valence-electron chi connectivity index (χ0n) is 11.1. The van der Waals surface area contributed by atoms with Crippen molar-refractivity contribution in [3.63, 3.8) is 0 Å². The smallest absolute Gasteiger partial charge is 0.297 e. The third-order valence-electron chi connectivity index (χ3n) is 3.37. The number of hydrogen-bond acceptors (Lipinski definition) is 3. The molecule has 0 atom stereocenters. The number of Topliss-reactive ketones (excluding diaryl/α,β-unsaturated/α-hetero) is 1. The van der Waals surface area contributed by atoms with Crippen LogP contribution in [-0.2, 0) is 17.9 Å². The van der Waals surface area contributed by atoms with Crippen LogP contribution in [0.15, 0.2) is 24.5 Å². The van der Waals surface area contributed by atoms with Gasteiger partial charge < -0.3 is 0 Å². The molecule has 1 aromatic carbocycles. The van der Waals surface area contributed by atoms with Crippen LogP contribution in [0.2, 0.25) is 5.02 Å². The molecule has 0 N–H and O–H groups in total. The summed E-state index contributed by atoms with van der Waals surface area (Å²) < 4.78 is 15.7. The Kier molecular flexibility index (Phi) is 3.25. The summed E-state index contributed by atoms with van der Waals surface area (Å²) in [5.74, 6) is -2.20. The summed E-state index contributed by atoms with van der Waals surface area (Å²) in [6.45, 7) is 2.69. The lowest BCUT2D eigenvalue weighted by Gasteiger charge is -2.16. The van der Waals surface area contributed by atoms with Crippen molar-refractivity contribution in [3.05, 3.63) is 46.5 Å². The fourth-order valence-corrected chi connectivity index (χ4v) is 2.58. The summed E-state index contributed by atoms with van der Waals surface area (Å²) in [6, 6.07) is 2.43. The second-order valence-electron chi connectivity index (χ2n) is 4.68. The number of aromatic nitrogens is 2. The number of nitrogens with zero attached hydrogens (tertiary/aromatic N) is 3. The molecule has 1 aromatic heterocycles. The van der Waals surface area contributed by atoms with Crippen LogP contribution >= 0.6 is 11.6 Å². The van der Waals surface area contributed by atoms with Gasteiger partial charge in [-0.2, -0.15) is 5.10 Å². The number of rotatable bonds is 3. The Morgan fingerprint density at radius 1 is 1.33 bits per heavy atom. The van der Waals surface area contributed by atoms with Crippen molar-refractivity contribution in [1.29, 1.82) is 0 Å². The number of anilines is 1. The molecule has 0 spiro atoms. The minimum Gasteiger partial charge on any atom is -0.297 e. The molecule has 0 radical (unpaired) electrons. The van der Waals surface area contributed by atoms with E-state index in [0.29, 0.717) is 12.1 Å². The third-order valence-corrected chi connectivity index (χ3v) is 3.68. The summed E-state index contributed by atoms with van der Waals surface area (Å²) in [5, 5.41) is 4.17. The van der Waals surface area contributed by atoms with Gasteiger partial charge in [-0.15, -0.1) is 0 Å². The molecule has 5 nitrogen and oxygen atoms in total. The number of benzene rings is 1. The van der Waals surface area contributed by atoms with E-state index >= 15 is 0 Å². The Bertz CT molecular complexity index is 757. The lowest BCUT2D eigenvalue weighted by atomic mass is 10.1. The molecule has 2 aromatic rings. The molecule has 0 aliphatic carbocycles. The highest BCUT2D eigenvalue weighted by Crippen LogP contribution is 2.37. The first-order valence-corrected chi connectivity index (χ1v) is 6.76. The summed E-state index contributed by atoms with van der Waals surface area (Å²) in [7, 11) is 0. The van der Waals surface area contributed by atoms with Gasteiger partial charge in [0.15, 0.2) is 0 Å². The zero-order valence-corrected chi connectivity index (χ0v) is 11.9. The second kappa shape index (κ2) is 4.96. The topological polar surface area (TPSA) is 55.2 Å². The molecule has 0 saturated heterocycles. The van der Waals surface area contributed by atoms with E-state index in [2.05, 4.69) is 5.10 Å². The Balaban J connectivity index is 2.03. The number of hydrogen-bond donors (Lipinski definition) is 0. The lowest BCUT2D eigenvalue weighted by Crippen LogP contribution is -2.29. The Morgan fingerprint density at radius 2 is 2.10 bits per heavy atom. The van der Waals surface area contributed by atoms with Crippen LogP contribution in [0.25, 0.3) is 0 Å². The van der Waals surface area contributed by atoms with Gasteiger partial charge in [0.2, 0.25) is 0 Å². The number of carbonyl (C=O) groups excluding carboxylic acids is 2. The number of halogens is 2. The van der Waals surface area contributed by atoms with Crippen LogP contribution in [-0.4, -0.2) is 21.5 Å². The van der Waals surface area contributed by atoms with Gasteiger partial charge >= 0.3 is 0 Å². The standard InChI is InChI=1S/C14H11ClFN3O2/c1-2-18-6-8(5-17-18)7-19-12-10(16)4-3-9(15)11(12)13(20)14(19)21/h3-6H,2,7H2,1H3. The highest BCUT2D eigenvalue weighted by molar-refractivity contribution is 6.55. The van der Waals surface area contributed by atoms with Crippen LogP contribution in [0.5, 0.6) is 0 Å². The fraction of sp³-hybridized carbons (Fsp3) is 0.214. The summed E-state index contributed by atoms with van der Waals surface area (Å²) in [5.41, 5.74) is 0.594. The van der Waals surface area contributed by atoms with Crippen LogP contribution in [0.1, 0.15) is 22.8 Å². The molecule has 7 heteroatoms. The highest BCUT2D eigenvalue weighted by Gasteiger charge is 2.39. The van der Waals surface area contributed by atoms with Crippen molar-refractivity contribution in [2.45, 2.75) is 20.0 Å². The van der Waals surface area contributed by atoms with E-state index < -0.39 is 17.5 Å². The van der Waals surface area contributed by atoms with Crippen LogP contribution in [0.3, 0.4) is 0 Å². The van der Waals surface area contributed by atoms with Crippen molar-refractivity contribution in [2.75, 3.05) is 4.90 Å². The first kappa shape index (κ1) is 13.8. The Hall–Kier alpha value is -2.21. The first-order valence-electron chi connectivity index (χ1n) is 6.38. The lowest BCUT2D eigenvalue weighted by molar-refractivity contribution is -0.114. The predicted octanol–water partition coefficient (Wildman–Crippen LogP) is 2.43. The number of aryl methyl sites for hydroxylation is 1. The van der Waals surface area contributed by atoms with Crippen molar-refractivity contribution < 1.29 is 14.0 Å². The molecule has 0 saturated carbocycles. The molecule has 0 bridgehead atoms. The largest absolute Gasteiger partial charge is 0.299 e. The van der Waals surface area contributed by atoms with E-state index in [1.165, 1.54) is 6.07 Å². The van der Waals surface area contributed by atoms with Crippen LogP contribution in [0, 0.1) is 5.82 Å². The molecule has 1 amide bonds. The zero-order chi connectivity index (χ0) is 15.1. The molecule has 3 rings (SSSR count). The van der Waals surface area contributed by atoms with E-state index in [4.69, 9.17) is 11.6 Å². The molecule has 1 aliphatic rings. The Labute approximate surface area is 124 Å². The normalized spacial score (nSPS) is 14.0. The molecular weight excluding hydrogens is 297 g/mol. The van der Waals surface area contributed by atoms with E-state index in [-0.39, 0.29) is 22.8 Å². The highest BCUT2D eigenvalue weighted by atomic mass is 35.5. The molecule has 0 unspecified atom stereocenters. The average molecular weight is 308 g/mol. The average Bonchev–Trinajstić information content (AvgIpc) is 3.02. The maximum absolute atomic E-state index is 14.0. The van der Waals surface area contributed by atoms with Crippen molar-refractivity contribution in [3.8, 4) is 0 Å². The molecule has 21 heavy (non-hydrogen) atoms. The summed E-state index contributed by atoms with van der Waals surface area (Å²) >= 11 is 5.91. The first-order chi connectivity index (χ1) is 10.0. The van der Waals surface area contributed by atoms with Gasteiger partial charge in [-0.25, -0.2) is 4.39 Å². The number of fused-ring (bicyclic) bond motifs is 1. The van der Waals surface area contributed by atoms with E-state index in [1.54, 1.807) is 17.1 Å². The van der Waals surface area contributed by atoms with Gasteiger partial charge in [0, 0.05) is 18.3 Å². The van der Waals surface area contributed by atoms with Gasteiger partial charge in [0.1, 0.15) is 5.82 Å². The van der Waals surface area contributed by atoms with Crippen LogP contribution < -0.4 is 4.90 Å². The number of carbonyl (C=O) groups is 2. The summed E-state index contributed by atoms with van der Waals surface area (Å²) in [4.78, 5) is 25.1. The maximum Gasteiger partial charge on any atom is 0.299 e. The van der Waals surface area contributed by atoms with Gasteiger partial charge in [-0.1, -0.05) is 11.6 Å². The quantitative estimate of drug-likeness (QED) is 0.818. The van der Waals surface area contributed by atoms with Crippen molar-refractivity contribution in [1.82, 2.24) is 9.78 Å². The molecule has 2 heterocycles. The fourth-order valence-electron chi connectivity index (χ4n) is 2.35. The Morgan fingerprint density at radius 3 is 2.76 bits per heavy atom. The monoisotopic (exact) mass is 307 g/mol. The molecule has 0 fully saturated rings. The second-order valence-corrected chi connectivity index (χ2v) is 5.08. The molecular formula is C14H11ClFN3O2. The van der Waals surface area contributed by atoms with Gasteiger partial charge in [0.05, 0.1) is 29.0 Å². The van der Waals surface area contributed by atoms with Gasteiger partial charge in [-0.3, -0.25) is 19.2 Å². The molecule has 1 aliphatic heterocycles. The van der Waals surface area contributed by atoms with Gasteiger partial charge in [-0.05, 0) is 19.1 Å². The van der Waals surface area contributed by atoms with Crippen molar-refractivity contribution in [2.24, 2.45) is 0 Å². The predicted molar refractivity (Wildman–Crippen MR) is 74.8 cm³/mol. The van der Waals surface area contributed by atoms with Gasteiger partial charge in [0.25, 0.3) is 11.7 Å². The summed E-state index contributed by atoms with van der Waals surface area (Å²) in [6.07, 6.45) is 3.33. The van der Waals surface area contributed by atoms with Crippen LogP contribution in [0.4, 0.5) is 10.1 Å². The van der Waals surface area contributed by atoms with E-state index in [1.807, 2.05) is 6.92 Å². The van der Waals surface area contributed by atoms with Crippen molar-refractivity contribution >= 4 is 29.0 Å². The molecule has 108 valence electrons. The SMILES string of the molecule is CCn1cc(CN2C(=O)C(=O)c3c(Cl)ccc(F)c32)cn1. The number of ketones is 1. The maximum atomic E-state index is 14.0. The minimum atomic E-state index is -0.780. The van der Waals surface area contributed by atoms with E-state index in [0.717, 1.165) is 11.0 Å². The van der Waals surface area contributed by atoms with E-state index in [9.17, 15) is 14.0 Å². The third kappa shape index (κ3) is 2.12.